The maximum absolute atomic E-state index is 12.2. The fourth-order valence-electron chi connectivity index (χ4n) is 3.38. The molecule has 0 unspecified atom stereocenters. The van der Waals surface area contributed by atoms with E-state index in [4.69, 9.17) is 9.72 Å². The van der Waals surface area contributed by atoms with Crippen molar-refractivity contribution in [3.05, 3.63) is 6.20 Å². The second kappa shape index (κ2) is 10.6. The van der Waals surface area contributed by atoms with Gasteiger partial charge in [-0.25, -0.2) is 14.6 Å². The van der Waals surface area contributed by atoms with Gasteiger partial charge in [-0.15, -0.1) is 0 Å². The van der Waals surface area contributed by atoms with Gasteiger partial charge in [0.2, 0.25) is 5.91 Å². The van der Waals surface area contributed by atoms with Crippen molar-refractivity contribution < 1.29 is 9.53 Å². The van der Waals surface area contributed by atoms with Crippen LogP contribution in [0.5, 0.6) is 0 Å². The first-order valence-electron chi connectivity index (χ1n) is 10.1. The van der Waals surface area contributed by atoms with Crippen LogP contribution in [0.15, 0.2) is 11.4 Å². The molecule has 28 heavy (non-hydrogen) atoms. The number of nitrogens with zero attached hydrogens (tertiary/aromatic N) is 4. The number of anilines is 1. The van der Waals surface area contributed by atoms with Crippen LogP contribution in [0.1, 0.15) is 39.0 Å². The summed E-state index contributed by atoms with van der Waals surface area (Å²) in [5, 5.41) is 12.5. The number of amides is 1. The van der Waals surface area contributed by atoms with Gasteiger partial charge in [0.05, 0.1) is 24.7 Å². The maximum atomic E-state index is 12.2. The fourth-order valence-corrected chi connectivity index (χ4v) is 4.07. The van der Waals surface area contributed by atoms with E-state index in [1.165, 1.54) is 0 Å². The highest BCUT2D eigenvalue weighted by Gasteiger charge is 2.22. The van der Waals surface area contributed by atoms with Crippen molar-refractivity contribution in [1.29, 1.82) is 0 Å². The van der Waals surface area contributed by atoms with Gasteiger partial charge < -0.3 is 15.4 Å². The van der Waals surface area contributed by atoms with Gasteiger partial charge in [-0.05, 0) is 19.3 Å². The smallest absolute Gasteiger partial charge is 0.223 e. The third-order valence-electron chi connectivity index (χ3n) is 4.86. The first-order valence-corrected chi connectivity index (χ1v) is 11.1. The van der Waals surface area contributed by atoms with Crippen molar-refractivity contribution in [1.82, 2.24) is 25.1 Å². The van der Waals surface area contributed by atoms with Crippen LogP contribution >= 0.6 is 11.8 Å². The van der Waals surface area contributed by atoms with Crippen molar-refractivity contribution in [2.75, 3.05) is 37.9 Å². The first kappa shape index (κ1) is 20.9. The number of thioether (sulfide) groups is 1. The zero-order valence-corrected chi connectivity index (χ0v) is 17.6. The minimum absolute atomic E-state index is 0.171. The first-order chi connectivity index (χ1) is 13.7. The molecule has 0 saturated heterocycles. The molecule has 9 heteroatoms. The van der Waals surface area contributed by atoms with Crippen molar-refractivity contribution in [3.63, 3.8) is 0 Å². The molecule has 1 amide bonds. The van der Waals surface area contributed by atoms with Crippen molar-refractivity contribution in [2.24, 2.45) is 5.92 Å². The summed E-state index contributed by atoms with van der Waals surface area (Å²) in [6.45, 7) is 4.56. The molecule has 1 fully saturated rings. The summed E-state index contributed by atoms with van der Waals surface area (Å²) >= 11 is 1.64. The summed E-state index contributed by atoms with van der Waals surface area (Å²) in [6, 6.07) is 0. The Hall–Kier alpha value is -1.87. The Morgan fingerprint density at radius 1 is 1.32 bits per heavy atom. The lowest BCUT2D eigenvalue weighted by molar-refractivity contribution is -0.124. The average molecular weight is 407 g/mol. The van der Waals surface area contributed by atoms with Gasteiger partial charge in [0.1, 0.15) is 5.82 Å². The monoisotopic (exact) mass is 406 g/mol. The highest BCUT2D eigenvalue weighted by Crippen LogP contribution is 2.25. The number of hydrogen-bond acceptors (Lipinski definition) is 7. The van der Waals surface area contributed by atoms with Crippen LogP contribution in [0, 0.1) is 5.92 Å². The van der Waals surface area contributed by atoms with E-state index in [1.54, 1.807) is 25.1 Å². The molecule has 3 rings (SSSR count). The van der Waals surface area contributed by atoms with E-state index in [0.717, 1.165) is 59.9 Å². The highest BCUT2D eigenvalue weighted by molar-refractivity contribution is 7.99. The lowest BCUT2D eigenvalue weighted by Gasteiger charge is -2.11. The number of fused-ring (bicyclic) bond motifs is 1. The summed E-state index contributed by atoms with van der Waals surface area (Å²) in [6.07, 6.45) is 7.20. The number of aromatic nitrogens is 4. The SMILES string of the molecule is CCCSc1nc(NCCOC)c2cnn(CCNC(=O)C3CCCC3)c2n1. The van der Waals surface area contributed by atoms with Crippen molar-refractivity contribution in [2.45, 2.75) is 50.7 Å². The molecule has 0 atom stereocenters. The maximum Gasteiger partial charge on any atom is 0.223 e. The van der Waals surface area contributed by atoms with E-state index >= 15 is 0 Å². The van der Waals surface area contributed by atoms with Gasteiger partial charge in [-0.2, -0.15) is 5.10 Å². The molecule has 0 aromatic carbocycles. The number of rotatable bonds is 11. The number of carbonyl (C=O) groups excluding carboxylic acids is 1. The highest BCUT2D eigenvalue weighted by atomic mass is 32.2. The molecule has 0 aliphatic heterocycles. The van der Waals surface area contributed by atoms with Gasteiger partial charge in [-0.1, -0.05) is 31.5 Å². The number of carbonyl (C=O) groups is 1. The largest absolute Gasteiger partial charge is 0.383 e. The van der Waals surface area contributed by atoms with Crippen LogP contribution in [0.2, 0.25) is 0 Å². The number of ether oxygens (including phenoxy) is 1. The Balaban J connectivity index is 1.70. The van der Waals surface area contributed by atoms with E-state index in [2.05, 4.69) is 27.6 Å². The molecule has 1 aliphatic rings. The molecule has 2 aromatic heterocycles. The lowest BCUT2D eigenvalue weighted by atomic mass is 10.1. The molecule has 2 aromatic rings. The van der Waals surface area contributed by atoms with Gasteiger partial charge in [0, 0.05) is 31.9 Å². The number of hydrogen-bond donors (Lipinski definition) is 2. The third kappa shape index (κ3) is 5.35. The van der Waals surface area contributed by atoms with Gasteiger partial charge >= 0.3 is 0 Å². The summed E-state index contributed by atoms with van der Waals surface area (Å²) in [5.41, 5.74) is 0.795. The molecule has 0 spiro atoms. The Morgan fingerprint density at radius 3 is 2.89 bits per heavy atom. The van der Waals surface area contributed by atoms with Crippen LogP contribution in [-0.2, 0) is 16.1 Å². The van der Waals surface area contributed by atoms with E-state index in [0.29, 0.717) is 26.2 Å². The Bertz CT molecular complexity index is 775. The molecule has 1 saturated carbocycles. The molecule has 0 radical (unpaired) electrons. The summed E-state index contributed by atoms with van der Waals surface area (Å²) in [5.74, 6) is 2.10. The quantitative estimate of drug-likeness (QED) is 0.337. The third-order valence-corrected chi connectivity index (χ3v) is 5.91. The van der Waals surface area contributed by atoms with E-state index < -0.39 is 0 Å². The van der Waals surface area contributed by atoms with Crippen LogP contribution < -0.4 is 10.6 Å². The average Bonchev–Trinajstić information content (AvgIpc) is 3.37. The topological polar surface area (TPSA) is 94.0 Å². The zero-order chi connectivity index (χ0) is 19.8. The van der Waals surface area contributed by atoms with Crippen LogP contribution in [0.4, 0.5) is 5.82 Å². The molecular weight excluding hydrogens is 376 g/mol. The Morgan fingerprint density at radius 2 is 2.14 bits per heavy atom. The molecule has 2 heterocycles. The predicted molar refractivity (Wildman–Crippen MR) is 112 cm³/mol. The molecule has 2 N–H and O–H groups in total. The standard InChI is InChI=1S/C19H30N6O2S/c1-3-12-28-19-23-16(20-9-11-27-2)15-13-22-25(17(15)24-19)10-8-21-18(26)14-6-4-5-7-14/h13-14H,3-12H2,1-2H3,(H,21,26)(H,20,23,24). The summed E-state index contributed by atoms with van der Waals surface area (Å²) in [7, 11) is 1.68. The van der Waals surface area contributed by atoms with Gasteiger partial charge in [0.15, 0.2) is 10.8 Å². The van der Waals surface area contributed by atoms with E-state index in [1.807, 2.05) is 4.68 Å². The summed E-state index contributed by atoms with van der Waals surface area (Å²) < 4.78 is 6.97. The van der Waals surface area contributed by atoms with Crippen LogP contribution in [-0.4, -0.2) is 58.2 Å². The molecule has 8 nitrogen and oxygen atoms in total. The molecule has 0 bridgehead atoms. The van der Waals surface area contributed by atoms with Gasteiger partial charge in [0.25, 0.3) is 0 Å². The predicted octanol–water partition coefficient (Wildman–Crippen LogP) is 2.69. The van der Waals surface area contributed by atoms with Crippen LogP contribution in [0.3, 0.4) is 0 Å². The second-order valence-corrected chi connectivity index (χ2v) is 8.06. The van der Waals surface area contributed by atoms with E-state index in [-0.39, 0.29) is 11.8 Å². The summed E-state index contributed by atoms with van der Waals surface area (Å²) in [4.78, 5) is 21.6. The molecule has 1 aliphatic carbocycles. The van der Waals surface area contributed by atoms with Crippen molar-refractivity contribution >= 4 is 34.5 Å². The number of methoxy groups -OCH3 is 1. The van der Waals surface area contributed by atoms with E-state index in [9.17, 15) is 4.79 Å². The Kier molecular flexibility index (Phi) is 7.90. The minimum Gasteiger partial charge on any atom is -0.383 e. The van der Waals surface area contributed by atoms with Crippen molar-refractivity contribution in [3.8, 4) is 0 Å². The number of nitrogens with one attached hydrogen (secondary N) is 2. The Labute approximate surface area is 170 Å². The minimum atomic E-state index is 0.171. The normalized spacial score (nSPS) is 14.6. The van der Waals surface area contributed by atoms with Crippen LogP contribution in [0.25, 0.3) is 11.0 Å². The second-order valence-electron chi connectivity index (χ2n) is 7.00. The zero-order valence-electron chi connectivity index (χ0n) is 16.7. The van der Waals surface area contributed by atoms with Gasteiger partial charge in [-0.3, -0.25) is 4.79 Å². The molecule has 154 valence electrons. The lowest BCUT2D eigenvalue weighted by Crippen LogP contribution is -2.32. The molecular formula is C19H30N6O2S. The fraction of sp³-hybridized carbons (Fsp3) is 0.684.